The number of hydrogen-bond acceptors (Lipinski definition) is 3. The van der Waals surface area contributed by atoms with E-state index < -0.39 is 5.97 Å². The molecule has 0 bridgehead atoms. The van der Waals surface area contributed by atoms with Gasteiger partial charge in [-0.2, -0.15) is 0 Å². The largest absolute Gasteiger partial charge is 0.493 e. The highest BCUT2D eigenvalue weighted by atomic mass is 16.5. The second-order valence-electron chi connectivity index (χ2n) is 4.96. The van der Waals surface area contributed by atoms with Gasteiger partial charge in [0.15, 0.2) is 11.5 Å². The zero-order valence-electron chi connectivity index (χ0n) is 12.3. The highest BCUT2D eigenvalue weighted by Crippen LogP contribution is 2.29. The summed E-state index contributed by atoms with van der Waals surface area (Å²) in [5, 5.41) is 8.97. The zero-order chi connectivity index (χ0) is 15.4. The van der Waals surface area contributed by atoms with Gasteiger partial charge in [0.05, 0.1) is 12.7 Å². The van der Waals surface area contributed by atoms with Gasteiger partial charge in [-0.25, -0.2) is 4.79 Å². The molecule has 0 aliphatic heterocycles. The first-order valence-electron chi connectivity index (χ1n) is 6.61. The molecule has 0 saturated carbocycles. The molecule has 110 valence electrons. The minimum Gasteiger partial charge on any atom is -0.493 e. The summed E-state index contributed by atoms with van der Waals surface area (Å²) in [6.07, 6.45) is 0. The number of ether oxygens (including phenoxy) is 2. The molecule has 0 unspecified atom stereocenters. The van der Waals surface area contributed by atoms with Crippen molar-refractivity contribution in [1.82, 2.24) is 0 Å². The van der Waals surface area contributed by atoms with Gasteiger partial charge in [-0.15, -0.1) is 0 Å². The summed E-state index contributed by atoms with van der Waals surface area (Å²) in [7, 11) is 1.49. The standard InChI is InChI=1S/C17H18O4/c1-11-6-12(2)8-13(7-11)10-21-15-5-4-14(17(18)19)9-16(15)20-3/h4-9H,10H2,1-3H3,(H,18,19). The van der Waals surface area contributed by atoms with E-state index in [2.05, 4.69) is 18.2 Å². The van der Waals surface area contributed by atoms with Crippen molar-refractivity contribution in [3.8, 4) is 11.5 Å². The lowest BCUT2D eigenvalue weighted by Crippen LogP contribution is -2.01. The van der Waals surface area contributed by atoms with Gasteiger partial charge in [0, 0.05) is 0 Å². The molecule has 2 rings (SSSR count). The molecular formula is C17H18O4. The maximum absolute atomic E-state index is 10.9. The van der Waals surface area contributed by atoms with E-state index in [-0.39, 0.29) is 5.56 Å². The Morgan fingerprint density at radius 3 is 2.29 bits per heavy atom. The Morgan fingerprint density at radius 1 is 1.05 bits per heavy atom. The summed E-state index contributed by atoms with van der Waals surface area (Å²) in [6, 6.07) is 10.8. The molecule has 2 aromatic carbocycles. The van der Waals surface area contributed by atoms with Crippen LogP contribution in [0, 0.1) is 13.8 Å². The molecule has 0 saturated heterocycles. The first-order valence-corrected chi connectivity index (χ1v) is 6.61. The molecule has 0 radical (unpaired) electrons. The molecule has 21 heavy (non-hydrogen) atoms. The molecule has 4 nitrogen and oxygen atoms in total. The minimum absolute atomic E-state index is 0.172. The normalized spacial score (nSPS) is 10.2. The fraction of sp³-hybridized carbons (Fsp3) is 0.235. The van der Waals surface area contributed by atoms with Crippen molar-refractivity contribution >= 4 is 5.97 Å². The molecule has 0 spiro atoms. The Morgan fingerprint density at radius 2 is 1.71 bits per heavy atom. The number of aryl methyl sites for hydroxylation is 2. The number of carbonyl (C=O) groups is 1. The van der Waals surface area contributed by atoms with Crippen LogP contribution in [0.25, 0.3) is 0 Å². The van der Waals surface area contributed by atoms with Gasteiger partial charge in [0.25, 0.3) is 0 Å². The van der Waals surface area contributed by atoms with Crippen LogP contribution in [-0.4, -0.2) is 18.2 Å². The van der Waals surface area contributed by atoms with Crippen LogP contribution in [0.2, 0.25) is 0 Å². The molecule has 0 heterocycles. The van der Waals surface area contributed by atoms with Crippen molar-refractivity contribution in [3.05, 3.63) is 58.7 Å². The summed E-state index contributed by atoms with van der Waals surface area (Å²) in [5.74, 6) is -0.0462. The third-order valence-corrected chi connectivity index (χ3v) is 3.09. The van der Waals surface area contributed by atoms with Crippen LogP contribution < -0.4 is 9.47 Å². The van der Waals surface area contributed by atoms with Crippen molar-refractivity contribution in [1.29, 1.82) is 0 Å². The third-order valence-electron chi connectivity index (χ3n) is 3.09. The monoisotopic (exact) mass is 286 g/mol. The van der Waals surface area contributed by atoms with Crippen LogP contribution in [0.4, 0.5) is 0 Å². The van der Waals surface area contributed by atoms with E-state index in [1.807, 2.05) is 13.8 Å². The van der Waals surface area contributed by atoms with Crippen molar-refractivity contribution in [2.45, 2.75) is 20.5 Å². The van der Waals surface area contributed by atoms with Crippen molar-refractivity contribution < 1.29 is 19.4 Å². The maximum atomic E-state index is 10.9. The number of aromatic carboxylic acids is 1. The number of hydrogen-bond donors (Lipinski definition) is 1. The maximum Gasteiger partial charge on any atom is 0.335 e. The molecule has 2 aromatic rings. The molecule has 0 amide bonds. The quantitative estimate of drug-likeness (QED) is 0.912. The van der Waals surface area contributed by atoms with Crippen molar-refractivity contribution in [3.63, 3.8) is 0 Å². The van der Waals surface area contributed by atoms with Crippen LogP contribution in [0.1, 0.15) is 27.0 Å². The van der Waals surface area contributed by atoms with E-state index in [0.717, 1.165) is 5.56 Å². The Hall–Kier alpha value is -2.49. The van der Waals surface area contributed by atoms with Gasteiger partial charge < -0.3 is 14.6 Å². The van der Waals surface area contributed by atoms with Crippen LogP contribution in [0.15, 0.2) is 36.4 Å². The molecule has 0 atom stereocenters. The van der Waals surface area contributed by atoms with Gasteiger partial charge >= 0.3 is 5.97 Å². The van der Waals surface area contributed by atoms with Gasteiger partial charge in [0.2, 0.25) is 0 Å². The lowest BCUT2D eigenvalue weighted by molar-refractivity contribution is 0.0696. The fourth-order valence-corrected chi connectivity index (χ4v) is 2.23. The molecule has 4 heteroatoms. The lowest BCUT2D eigenvalue weighted by atomic mass is 10.1. The lowest BCUT2D eigenvalue weighted by Gasteiger charge is -2.12. The second-order valence-corrected chi connectivity index (χ2v) is 4.96. The Balaban J connectivity index is 2.17. The van der Waals surface area contributed by atoms with Gasteiger partial charge in [0.1, 0.15) is 6.61 Å². The molecule has 0 aliphatic carbocycles. The van der Waals surface area contributed by atoms with Gasteiger partial charge in [-0.05, 0) is 37.6 Å². The molecule has 0 aromatic heterocycles. The van der Waals surface area contributed by atoms with E-state index in [9.17, 15) is 4.79 Å². The van der Waals surface area contributed by atoms with Crippen LogP contribution in [-0.2, 0) is 6.61 Å². The van der Waals surface area contributed by atoms with Crippen molar-refractivity contribution in [2.24, 2.45) is 0 Å². The van der Waals surface area contributed by atoms with Crippen molar-refractivity contribution in [2.75, 3.05) is 7.11 Å². The predicted octanol–water partition coefficient (Wildman–Crippen LogP) is 3.59. The van der Waals surface area contributed by atoms with Gasteiger partial charge in [-0.3, -0.25) is 0 Å². The summed E-state index contributed by atoms with van der Waals surface area (Å²) in [4.78, 5) is 10.9. The molecular weight excluding hydrogens is 268 g/mol. The first-order chi connectivity index (χ1) is 9.99. The number of benzene rings is 2. The number of methoxy groups -OCH3 is 1. The molecule has 1 N–H and O–H groups in total. The predicted molar refractivity (Wildman–Crippen MR) is 80.2 cm³/mol. The fourth-order valence-electron chi connectivity index (χ4n) is 2.23. The first kappa shape index (κ1) is 14.9. The molecule has 0 fully saturated rings. The van der Waals surface area contributed by atoms with E-state index in [4.69, 9.17) is 14.6 Å². The SMILES string of the molecule is COc1cc(C(=O)O)ccc1OCc1cc(C)cc(C)c1. The van der Waals surface area contributed by atoms with Crippen LogP contribution in [0.3, 0.4) is 0 Å². The van der Waals surface area contributed by atoms with E-state index in [1.54, 1.807) is 6.07 Å². The Bertz CT molecular complexity index is 642. The topological polar surface area (TPSA) is 55.8 Å². The number of carboxylic acid groups (broad SMARTS) is 1. The average molecular weight is 286 g/mol. The summed E-state index contributed by atoms with van der Waals surface area (Å²) >= 11 is 0. The smallest absolute Gasteiger partial charge is 0.335 e. The zero-order valence-corrected chi connectivity index (χ0v) is 12.3. The third kappa shape index (κ3) is 3.75. The number of rotatable bonds is 5. The van der Waals surface area contributed by atoms with E-state index >= 15 is 0 Å². The number of carboxylic acids is 1. The minimum atomic E-state index is -0.992. The highest BCUT2D eigenvalue weighted by molar-refractivity contribution is 5.88. The molecule has 0 aliphatic rings. The van der Waals surface area contributed by atoms with Crippen LogP contribution >= 0.6 is 0 Å². The summed E-state index contributed by atoms with van der Waals surface area (Å²) in [5.41, 5.74) is 3.60. The van der Waals surface area contributed by atoms with E-state index in [1.165, 1.54) is 30.4 Å². The highest BCUT2D eigenvalue weighted by Gasteiger charge is 2.10. The Kier molecular flexibility index (Phi) is 4.48. The van der Waals surface area contributed by atoms with Crippen LogP contribution in [0.5, 0.6) is 11.5 Å². The summed E-state index contributed by atoms with van der Waals surface area (Å²) < 4.78 is 10.9. The second kappa shape index (κ2) is 6.31. The Labute approximate surface area is 123 Å². The van der Waals surface area contributed by atoms with Gasteiger partial charge in [-0.1, -0.05) is 29.3 Å². The summed E-state index contributed by atoms with van der Waals surface area (Å²) in [6.45, 7) is 4.49. The average Bonchev–Trinajstić information content (AvgIpc) is 2.43. The van der Waals surface area contributed by atoms with E-state index in [0.29, 0.717) is 18.1 Å².